The van der Waals surface area contributed by atoms with E-state index in [9.17, 15) is 13.2 Å². The number of nitrogens with zero attached hydrogens (tertiary/aromatic N) is 4. The number of carbonyl (C=O) groups is 1. The van der Waals surface area contributed by atoms with Crippen LogP contribution in [0.1, 0.15) is 110 Å². The summed E-state index contributed by atoms with van der Waals surface area (Å²) in [6.45, 7) is 5.84. The number of hydrogen-bond acceptors (Lipinski definition) is 6. The Morgan fingerprint density at radius 1 is 0.861 bits per heavy atom. The molecule has 0 fully saturated rings. The maximum Gasteiger partial charge on any atom is 0.225 e. The fraction of sp³-hybridized carbons (Fsp3) is 0.769. The second-order valence-corrected chi connectivity index (χ2v) is 12.7. The lowest BCUT2D eigenvalue weighted by Gasteiger charge is -2.12. The molecule has 2 aromatic heterocycles. The van der Waals surface area contributed by atoms with E-state index in [0.29, 0.717) is 24.1 Å². The summed E-state index contributed by atoms with van der Waals surface area (Å²) in [5.41, 5.74) is 0.813. The molecule has 10 heteroatoms. The maximum atomic E-state index is 12.9. The molecular weight excluding hydrogens is 498 g/mol. The van der Waals surface area contributed by atoms with Gasteiger partial charge in [0.25, 0.3) is 0 Å². The number of amides is 1. The maximum absolute atomic E-state index is 12.9. The van der Waals surface area contributed by atoms with Crippen LogP contribution < -0.4 is 5.32 Å². The molecule has 0 saturated carbocycles. The van der Waals surface area contributed by atoms with Crippen LogP contribution in [0, 0.1) is 6.92 Å². The van der Waals surface area contributed by atoms with E-state index in [1.54, 1.807) is 20.9 Å². The number of unbranched alkanes of at least 4 members (excludes halogenated alkanes) is 12. The Morgan fingerprint density at radius 3 is 1.86 bits per heavy atom. The van der Waals surface area contributed by atoms with E-state index in [0.717, 1.165) is 31.5 Å². The molecule has 0 aliphatic rings. The first-order chi connectivity index (χ1) is 17.2. The Balaban J connectivity index is 1.65. The van der Waals surface area contributed by atoms with Crippen LogP contribution in [0.25, 0.3) is 11.2 Å². The predicted molar refractivity (Wildman–Crippen MR) is 146 cm³/mol. The average molecular weight is 542 g/mol. The third-order valence-electron chi connectivity index (χ3n) is 6.69. The Hall–Kier alpha value is -1.74. The number of halogens is 1. The summed E-state index contributed by atoms with van der Waals surface area (Å²) >= 11 is 6.00. The Kier molecular flexibility index (Phi) is 13.1. The molecule has 36 heavy (non-hydrogen) atoms. The number of aromatic nitrogens is 4. The van der Waals surface area contributed by atoms with Gasteiger partial charge in [-0.3, -0.25) is 4.79 Å². The highest BCUT2D eigenvalue weighted by Crippen LogP contribution is 2.26. The van der Waals surface area contributed by atoms with Crippen LogP contribution >= 0.6 is 11.6 Å². The first-order valence-electron chi connectivity index (χ1n) is 13.5. The van der Waals surface area contributed by atoms with Gasteiger partial charge in [0.05, 0.1) is 5.25 Å². The third kappa shape index (κ3) is 9.29. The minimum atomic E-state index is -3.61. The predicted octanol–water partition coefficient (Wildman–Crippen LogP) is 6.18. The molecule has 0 bridgehead atoms. The van der Waals surface area contributed by atoms with Gasteiger partial charge in [-0.05, 0) is 45.2 Å². The molecule has 204 valence electrons. The third-order valence-corrected chi connectivity index (χ3v) is 8.92. The average Bonchev–Trinajstić information content (AvgIpc) is 3.14. The van der Waals surface area contributed by atoms with Crippen LogP contribution in [0.3, 0.4) is 0 Å². The quantitative estimate of drug-likeness (QED) is 0.137. The van der Waals surface area contributed by atoms with E-state index in [4.69, 9.17) is 11.6 Å². The largest absolute Gasteiger partial charge is 0.359 e. The first-order valence-corrected chi connectivity index (χ1v) is 15.5. The lowest BCUT2D eigenvalue weighted by molar-refractivity contribution is -0.120. The SMILES string of the molecule is CNC(=O)CCCCCCCCCCCCCCCn1c(C)nc2nc(Cl)nc(S(=O)(=O)C(C)C)c21. The summed E-state index contributed by atoms with van der Waals surface area (Å²) in [5.74, 6) is 0.875. The van der Waals surface area contributed by atoms with Gasteiger partial charge in [-0.25, -0.2) is 18.4 Å². The number of rotatable bonds is 18. The molecule has 0 unspecified atom stereocenters. The molecule has 1 N–H and O–H groups in total. The van der Waals surface area contributed by atoms with Gasteiger partial charge in [-0.15, -0.1) is 0 Å². The standard InChI is InChI=1S/C26H44ClN5O3S/c1-20(2)36(34,35)25-23-24(30-26(27)31-25)29-21(3)32(23)19-17-15-13-11-9-7-5-6-8-10-12-14-16-18-22(33)28-4/h20H,5-19H2,1-4H3,(H,28,33). The van der Waals surface area contributed by atoms with E-state index < -0.39 is 15.1 Å². The van der Waals surface area contributed by atoms with Crippen LogP contribution in [0.2, 0.25) is 5.28 Å². The topological polar surface area (TPSA) is 107 Å². The van der Waals surface area contributed by atoms with Gasteiger partial charge in [0, 0.05) is 20.0 Å². The van der Waals surface area contributed by atoms with Gasteiger partial charge in [-0.2, -0.15) is 4.98 Å². The minimum Gasteiger partial charge on any atom is -0.359 e. The Morgan fingerprint density at radius 2 is 1.36 bits per heavy atom. The van der Waals surface area contributed by atoms with Crippen molar-refractivity contribution in [1.29, 1.82) is 0 Å². The number of sulfone groups is 1. The van der Waals surface area contributed by atoms with Crippen molar-refractivity contribution >= 4 is 38.5 Å². The van der Waals surface area contributed by atoms with Crippen molar-refractivity contribution in [3.63, 3.8) is 0 Å². The normalized spacial score (nSPS) is 12.1. The molecular formula is C26H44ClN5O3S. The monoisotopic (exact) mass is 541 g/mol. The molecule has 0 saturated heterocycles. The van der Waals surface area contributed by atoms with Crippen molar-refractivity contribution in [3.05, 3.63) is 11.1 Å². The van der Waals surface area contributed by atoms with Crippen molar-refractivity contribution in [2.24, 2.45) is 0 Å². The molecule has 2 heterocycles. The number of nitrogens with one attached hydrogen (secondary N) is 1. The van der Waals surface area contributed by atoms with Crippen LogP contribution in [-0.4, -0.2) is 46.1 Å². The second kappa shape index (κ2) is 15.5. The van der Waals surface area contributed by atoms with Crippen LogP contribution in [0.15, 0.2) is 5.03 Å². The fourth-order valence-electron chi connectivity index (χ4n) is 4.41. The zero-order chi connectivity index (χ0) is 26.6. The summed E-state index contributed by atoms with van der Waals surface area (Å²) in [6.07, 6.45) is 16.2. The van der Waals surface area contributed by atoms with E-state index in [1.165, 1.54) is 57.8 Å². The molecule has 0 spiro atoms. The van der Waals surface area contributed by atoms with Gasteiger partial charge in [0.2, 0.25) is 11.2 Å². The Labute approximate surface area is 221 Å². The highest BCUT2D eigenvalue weighted by molar-refractivity contribution is 7.92. The Bertz CT molecular complexity index is 1070. The summed E-state index contributed by atoms with van der Waals surface area (Å²) in [7, 11) is -1.92. The molecule has 0 radical (unpaired) electrons. The number of aryl methyl sites for hydroxylation is 2. The van der Waals surface area contributed by atoms with E-state index in [-0.39, 0.29) is 16.2 Å². The summed E-state index contributed by atoms with van der Waals surface area (Å²) in [6, 6.07) is 0. The van der Waals surface area contributed by atoms with Gasteiger partial charge >= 0.3 is 0 Å². The van der Waals surface area contributed by atoms with Crippen molar-refractivity contribution in [3.8, 4) is 0 Å². The molecule has 8 nitrogen and oxygen atoms in total. The van der Waals surface area contributed by atoms with Crippen molar-refractivity contribution in [1.82, 2.24) is 24.8 Å². The van der Waals surface area contributed by atoms with E-state index in [1.807, 2.05) is 11.5 Å². The zero-order valence-electron chi connectivity index (χ0n) is 22.5. The molecule has 0 aromatic carbocycles. The van der Waals surface area contributed by atoms with Crippen molar-refractivity contribution < 1.29 is 13.2 Å². The van der Waals surface area contributed by atoms with Crippen LogP contribution in [0.4, 0.5) is 0 Å². The summed E-state index contributed by atoms with van der Waals surface area (Å²) in [4.78, 5) is 23.9. The van der Waals surface area contributed by atoms with Gasteiger partial charge in [0.1, 0.15) is 11.3 Å². The molecule has 1 amide bonds. The highest BCUT2D eigenvalue weighted by atomic mass is 35.5. The number of fused-ring (bicyclic) bond motifs is 1. The fourth-order valence-corrected chi connectivity index (χ4v) is 5.75. The summed E-state index contributed by atoms with van der Waals surface area (Å²) < 4.78 is 27.7. The lowest BCUT2D eigenvalue weighted by atomic mass is 10.0. The van der Waals surface area contributed by atoms with Gasteiger partial charge in [0.15, 0.2) is 20.5 Å². The molecule has 2 aromatic rings. The van der Waals surface area contributed by atoms with E-state index in [2.05, 4.69) is 20.3 Å². The van der Waals surface area contributed by atoms with Crippen LogP contribution in [0.5, 0.6) is 0 Å². The van der Waals surface area contributed by atoms with Gasteiger partial charge < -0.3 is 9.88 Å². The highest BCUT2D eigenvalue weighted by Gasteiger charge is 2.28. The number of imidazole rings is 1. The van der Waals surface area contributed by atoms with Crippen molar-refractivity contribution in [2.75, 3.05) is 7.05 Å². The minimum absolute atomic E-state index is 0.0167. The smallest absolute Gasteiger partial charge is 0.225 e. The van der Waals surface area contributed by atoms with E-state index >= 15 is 0 Å². The molecule has 0 aliphatic heterocycles. The molecule has 0 aliphatic carbocycles. The lowest BCUT2D eigenvalue weighted by Crippen LogP contribution is -2.18. The molecule has 0 atom stereocenters. The van der Waals surface area contributed by atoms with Gasteiger partial charge in [-0.1, -0.05) is 70.6 Å². The van der Waals surface area contributed by atoms with Crippen molar-refractivity contribution in [2.45, 2.75) is 127 Å². The zero-order valence-corrected chi connectivity index (χ0v) is 24.1. The van der Waals surface area contributed by atoms with Crippen LogP contribution in [-0.2, 0) is 21.2 Å². The first kappa shape index (κ1) is 30.5. The number of hydrogen-bond donors (Lipinski definition) is 1. The number of carbonyl (C=O) groups excluding carboxylic acids is 1. The second-order valence-electron chi connectivity index (χ2n) is 9.89. The summed E-state index contributed by atoms with van der Waals surface area (Å²) in [5, 5.41) is 1.96. The molecule has 2 rings (SSSR count).